The van der Waals surface area contributed by atoms with Crippen LogP contribution in [0.5, 0.6) is 0 Å². The zero-order valence-corrected chi connectivity index (χ0v) is 20.9. The van der Waals surface area contributed by atoms with E-state index in [2.05, 4.69) is 46.6 Å². The molecule has 1 aromatic rings. The summed E-state index contributed by atoms with van der Waals surface area (Å²) in [6.07, 6.45) is 3.78. The summed E-state index contributed by atoms with van der Waals surface area (Å²) >= 11 is 3.70. The Hall–Kier alpha value is -1.14. The van der Waals surface area contributed by atoms with Crippen molar-refractivity contribution in [1.29, 1.82) is 0 Å². The van der Waals surface area contributed by atoms with E-state index in [1.54, 1.807) is 0 Å². The van der Waals surface area contributed by atoms with Gasteiger partial charge in [0.1, 0.15) is 0 Å². The number of esters is 1. The fourth-order valence-electron chi connectivity index (χ4n) is 3.48. The van der Waals surface area contributed by atoms with Gasteiger partial charge in [0.05, 0.1) is 21.9 Å². The summed E-state index contributed by atoms with van der Waals surface area (Å²) < 4.78 is 12.9. The van der Waals surface area contributed by atoms with Gasteiger partial charge in [0.2, 0.25) is 0 Å². The highest BCUT2D eigenvalue weighted by Gasteiger charge is 2.37. The topological polar surface area (TPSA) is 51.7 Å². The van der Waals surface area contributed by atoms with Crippen LogP contribution in [0.2, 0.25) is 0 Å². The third-order valence-corrected chi connectivity index (χ3v) is 6.37. The van der Waals surface area contributed by atoms with Crippen molar-refractivity contribution in [3.63, 3.8) is 0 Å². The first kappa shape index (κ1) is 24.1. The van der Waals surface area contributed by atoms with Gasteiger partial charge >= 0.3 is 5.97 Å². The Balaban J connectivity index is 2.54. The Morgan fingerprint density at radius 3 is 2.41 bits per heavy atom. The van der Waals surface area contributed by atoms with Crippen molar-refractivity contribution < 1.29 is 14.3 Å². The lowest BCUT2D eigenvalue weighted by atomic mass is 9.82. The molecule has 164 valence electrons. The van der Waals surface area contributed by atoms with Crippen LogP contribution in [0.4, 0.5) is 5.69 Å². The fraction of sp³-hybridized carbons (Fsp3) is 0.739. The van der Waals surface area contributed by atoms with Gasteiger partial charge in [-0.25, -0.2) is 4.79 Å². The second kappa shape index (κ2) is 9.34. The van der Waals surface area contributed by atoms with Crippen LogP contribution in [0.25, 0.3) is 0 Å². The number of pyridine rings is 1. The Morgan fingerprint density at radius 2 is 1.90 bits per heavy atom. The monoisotopic (exact) mass is 468 g/mol. The van der Waals surface area contributed by atoms with Gasteiger partial charge in [-0.1, -0.05) is 20.8 Å². The molecule has 0 N–H and O–H groups in total. The molecule has 0 bridgehead atoms. The molecule has 0 amide bonds. The zero-order chi connectivity index (χ0) is 22.0. The number of ether oxygens (including phenoxy) is 2. The van der Waals surface area contributed by atoms with E-state index in [0.29, 0.717) is 5.41 Å². The van der Waals surface area contributed by atoms with E-state index < -0.39 is 11.7 Å². The summed E-state index contributed by atoms with van der Waals surface area (Å²) in [5, 5.41) is 0. The first-order valence-electron chi connectivity index (χ1n) is 10.6. The average molecular weight is 469 g/mol. The minimum Gasteiger partial charge on any atom is -0.461 e. The van der Waals surface area contributed by atoms with E-state index in [1.165, 1.54) is 0 Å². The number of aryl methyl sites for hydroxylation is 1. The number of hydrogen-bond acceptors (Lipinski definition) is 5. The summed E-state index contributed by atoms with van der Waals surface area (Å²) in [5.41, 5.74) is 2.49. The van der Waals surface area contributed by atoms with Crippen LogP contribution in [0, 0.1) is 12.3 Å². The summed E-state index contributed by atoms with van der Waals surface area (Å²) in [6, 6.07) is 0. The molecule has 1 aliphatic heterocycles. The Bertz CT molecular complexity index is 721. The SMILES string of the molecule is CCC(C)(C)O[C@H](C(=O)OC(C)C)c1c(C)ncc(Br)c1N1CCC(C)(C)CC1. The molecule has 29 heavy (non-hydrogen) atoms. The Labute approximate surface area is 184 Å². The van der Waals surface area contributed by atoms with Gasteiger partial charge in [-0.3, -0.25) is 4.98 Å². The van der Waals surface area contributed by atoms with Gasteiger partial charge in [0.25, 0.3) is 0 Å². The number of hydrogen-bond donors (Lipinski definition) is 0. The molecule has 0 unspecified atom stereocenters. The maximum absolute atomic E-state index is 13.1. The molecule has 1 fully saturated rings. The van der Waals surface area contributed by atoms with Gasteiger partial charge in [-0.2, -0.15) is 0 Å². The van der Waals surface area contributed by atoms with Gasteiger partial charge in [0.15, 0.2) is 6.10 Å². The van der Waals surface area contributed by atoms with Crippen LogP contribution in [-0.4, -0.2) is 35.7 Å². The molecule has 0 saturated carbocycles. The summed E-state index contributed by atoms with van der Waals surface area (Å²) in [7, 11) is 0. The van der Waals surface area contributed by atoms with Crippen LogP contribution in [0.3, 0.4) is 0 Å². The minimum atomic E-state index is -0.817. The van der Waals surface area contributed by atoms with Crippen LogP contribution < -0.4 is 4.90 Å². The fourth-order valence-corrected chi connectivity index (χ4v) is 4.04. The number of carbonyl (C=O) groups is 1. The quantitative estimate of drug-likeness (QED) is 0.460. The molecular weight excluding hydrogens is 432 g/mol. The van der Waals surface area contributed by atoms with E-state index in [4.69, 9.17) is 9.47 Å². The summed E-state index contributed by atoms with van der Waals surface area (Å²) in [4.78, 5) is 20.0. The van der Waals surface area contributed by atoms with Crippen molar-refractivity contribution in [2.24, 2.45) is 5.41 Å². The molecule has 0 aliphatic carbocycles. The van der Waals surface area contributed by atoms with Gasteiger partial charge in [-0.15, -0.1) is 0 Å². The first-order chi connectivity index (χ1) is 13.4. The molecule has 1 aliphatic rings. The lowest BCUT2D eigenvalue weighted by Gasteiger charge is -2.40. The van der Waals surface area contributed by atoms with Crippen molar-refractivity contribution in [3.05, 3.63) is 21.9 Å². The highest BCUT2D eigenvalue weighted by molar-refractivity contribution is 9.10. The van der Waals surface area contributed by atoms with Crippen molar-refractivity contribution in [2.75, 3.05) is 18.0 Å². The molecule has 1 atom stereocenters. The lowest BCUT2D eigenvalue weighted by molar-refractivity contribution is -0.172. The van der Waals surface area contributed by atoms with E-state index in [0.717, 1.165) is 53.8 Å². The molecule has 5 nitrogen and oxygen atoms in total. The Kier molecular flexibility index (Phi) is 7.77. The summed E-state index contributed by atoms with van der Waals surface area (Å²) in [5.74, 6) is -0.358. The number of piperidine rings is 1. The second-order valence-corrected chi connectivity index (χ2v) is 10.6. The highest BCUT2D eigenvalue weighted by Crippen LogP contribution is 2.42. The van der Waals surface area contributed by atoms with Crippen molar-refractivity contribution in [1.82, 2.24) is 4.98 Å². The molecular formula is C23H37BrN2O3. The molecule has 0 aromatic carbocycles. The van der Waals surface area contributed by atoms with Crippen molar-refractivity contribution in [3.8, 4) is 0 Å². The molecule has 0 spiro atoms. The molecule has 1 aromatic heterocycles. The maximum atomic E-state index is 13.1. The smallest absolute Gasteiger partial charge is 0.340 e. The van der Waals surface area contributed by atoms with Gasteiger partial charge in [0, 0.05) is 30.5 Å². The number of aromatic nitrogens is 1. The lowest BCUT2D eigenvalue weighted by Crippen LogP contribution is -2.39. The van der Waals surface area contributed by atoms with Gasteiger partial charge in [-0.05, 0) is 75.2 Å². The van der Waals surface area contributed by atoms with E-state index in [1.807, 2.05) is 40.8 Å². The Morgan fingerprint density at radius 1 is 1.31 bits per heavy atom. The number of anilines is 1. The average Bonchev–Trinajstić information content (AvgIpc) is 2.61. The number of nitrogens with zero attached hydrogens (tertiary/aromatic N) is 2. The molecule has 2 heterocycles. The second-order valence-electron chi connectivity index (χ2n) is 9.70. The third kappa shape index (κ3) is 6.17. The summed E-state index contributed by atoms with van der Waals surface area (Å²) in [6.45, 7) is 18.2. The van der Waals surface area contributed by atoms with E-state index in [-0.39, 0.29) is 12.1 Å². The van der Waals surface area contributed by atoms with Crippen LogP contribution in [0.1, 0.15) is 85.1 Å². The zero-order valence-electron chi connectivity index (χ0n) is 19.3. The number of carbonyl (C=O) groups excluding carboxylic acids is 1. The normalized spacial score (nSPS) is 18.1. The molecule has 1 saturated heterocycles. The maximum Gasteiger partial charge on any atom is 0.340 e. The number of rotatable bonds is 7. The molecule has 0 radical (unpaired) electrons. The van der Waals surface area contributed by atoms with Crippen LogP contribution >= 0.6 is 15.9 Å². The van der Waals surface area contributed by atoms with E-state index in [9.17, 15) is 4.79 Å². The highest BCUT2D eigenvalue weighted by atomic mass is 79.9. The van der Waals surface area contributed by atoms with Crippen LogP contribution in [0.15, 0.2) is 10.7 Å². The minimum absolute atomic E-state index is 0.210. The van der Waals surface area contributed by atoms with Gasteiger partial charge < -0.3 is 14.4 Å². The van der Waals surface area contributed by atoms with Crippen molar-refractivity contribution in [2.45, 2.75) is 92.5 Å². The number of halogens is 1. The predicted octanol–water partition coefficient (Wildman–Crippen LogP) is 5.98. The van der Waals surface area contributed by atoms with E-state index >= 15 is 0 Å². The predicted molar refractivity (Wildman–Crippen MR) is 121 cm³/mol. The van der Waals surface area contributed by atoms with Crippen molar-refractivity contribution >= 4 is 27.6 Å². The third-order valence-electron chi connectivity index (χ3n) is 5.79. The molecule has 2 rings (SSSR count). The molecule has 6 heteroatoms. The first-order valence-corrected chi connectivity index (χ1v) is 11.4. The standard InChI is InChI=1S/C23H37BrN2O3/c1-9-23(7,8)29-20(21(27)28-15(2)3)18-16(4)25-14-17(24)19(18)26-12-10-22(5,6)11-13-26/h14-15,20H,9-13H2,1-8H3/t20-/m0/s1. The largest absolute Gasteiger partial charge is 0.461 e. The van der Waals surface area contributed by atoms with Crippen LogP contribution in [-0.2, 0) is 14.3 Å².